The van der Waals surface area contributed by atoms with Gasteiger partial charge in [-0.05, 0) is 12.5 Å². The molecule has 0 spiro atoms. The summed E-state index contributed by atoms with van der Waals surface area (Å²) >= 11 is 0. The second kappa shape index (κ2) is 4.50. The number of fused-ring (bicyclic) bond motifs is 1. The average Bonchev–Trinajstić information content (AvgIpc) is 2.70. The molecule has 3 N–H and O–H groups in total. The van der Waals surface area contributed by atoms with Gasteiger partial charge in [0.25, 0.3) is 0 Å². The fourth-order valence-electron chi connectivity index (χ4n) is 1.76. The SMILES string of the molecule is CCc1nc(C(=N)NNC)cc2c1ncn2C. The molecule has 17 heavy (non-hydrogen) atoms. The fraction of sp³-hybridized carbons (Fsp3) is 0.364. The first kappa shape index (κ1) is 11.5. The molecule has 0 unspecified atom stereocenters. The minimum absolute atomic E-state index is 0.255. The maximum atomic E-state index is 7.83. The molecule has 6 heteroatoms. The van der Waals surface area contributed by atoms with Crippen molar-refractivity contribution in [1.82, 2.24) is 25.4 Å². The van der Waals surface area contributed by atoms with Gasteiger partial charge in [-0.2, -0.15) is 0 Å². The van der Waals surface area contributed by atoms with Gasteiger partial charge in [0.1, 0.15) is 11.2 Å². The van der Waals surface area contributed by atoms with Crippen molar-refractivity contribution in [2.24, 2.45) is 7.05 Å². The smallest absolute Gasteiger partial charge is 0.158 e. The van der Waals surface area contributed by atoms with Crippen LogP contribution >= 0.6 is 0 Å². The number of rotatable bonds is 3. The predicted octanol–water partition coefficient (Wildman–Crippen LogP) is 0.580. The summed E-state index contributed by atoms with van der Waals surface area (Å²) in [4.78, 5) is 8.78. The van der Waals surface area contributed by atoms with E-state index >= 15 is 0 Å². The quantitative estimate of drug-likeness (QED) is 0.411. The third-order valence-corrected chi connectivity index (χ3v) is 2.63. The Hall–Kier alpha value is -1.95. The summed E-state index contributed by atoms with van der Waals surface area (Å²) < 4.78 is 1.94. The number of hydrogen-bond donors (Lipinski definition) is 3. The van der Waals surface area contributed by atoms with E-state index in [0.29, 0.717) is 5.69 Å². The molecular weight excluding hydrogens is 216 g/mol. The van der Waals surface area contributed by atoms with Gasteiger partial charge in [0, 0.05) is 14.1 Å². The highest BCUT2D eigenvalue weighted by Crippen LogP contribution is 2.17. The largest absolute Gasteiger partial charge is 0.334 e. The lowest BCUT2D eigenvalue weighted by molar-refractivity contribution is 0.761. The lowest BCUT2D eigenvalue weighted by atomic mass is 10.2. The Balaban J connectivity index is 2.58. The van der Waals surface area contributed by atoms with Crippen LogP contribution in [0.2, 0.25) is 0 Å². The van der Waals surface area contributed by atoms with E-state index in [1.54, 1.807) is 13.4 Å². The van der Waals surface area contributed by atoms with Gasteiger partial charge in [0.05, 0.1) is 17.5 Å². The Kier molecular flexibility index (Phi) is 3.06. The van der Waals surface area contributed by atoms with Crippen molar-refractivity contribution in [3.05, 3.63) is 23.8 Å². The highest BCUT2D eigenvalue weighted by atomic mass is 15.4. The van der Waals surface area contributed by atoms with Gasteiger partial charge < -0.3 is 9.99 Å². The van der Waals surface area contributed by atoms with Gasteiger partial charge in [0.2, 0.25) is 0 Å². The minimum Gasteiger partial charge on any atom is -0.334 e. The van der Waals surface area contributed by atoms with Gasteiger partial charge in [-0.1, -0.05) is 6.92 Å². The number of nitrogens with zero attached hydrogens (tertiary/aromatic N) is 3. The third kappa shape index (κ3) is 1.99. The maximum absolute atomic E-state index is 7.83. The monoisotopic (exact) mass is 232 g/mol. The Bertz CT molecular complexity index is 556. The zero-order valence-electron chi connectivity index (χ0n) is 10.2. The molecule has 0 aliphatic heterocycles. The van der Waals surface area contributed by atoms with Gasteiger partial charge in [-0.25, -0.2) is 15.4 Å². The molecule has 2 heterocycles. The Morgan fingerprint density at radius 2 is 2.29 bits per heavy atom. The summed E-state index contributed by atoms with van der Waals surface area (Å²) in [5, 5.41) is 7.83. The number of nitrogens with one attached hydrogen (secondary N) is 3. The van der Waals surface area contributed by atoms with Gasteiger partial charge in [-0.15, -0.1) is 0 Å². The van der Waals surface area contributed by atoms with Crippen LogP contribution in [0.3, 0.4) is 0 Å². The van der Waals surface area contributed by atoms with Gasteiger partial charge >= 0.3 is 0 Å². The van der Waals surface area contributed by atoms with Crippen LogP contribution in [0.1, 0.15) is 18.3 Å². The van der Waals surface area contributed by atoms with E-state index in [2.05, 4.69) is 20.8 Å². The fourth-order valence-corrected chi connectivity index (χ4v) is 1.76. The standard InChI is InChI=1S/C11H16N6/c1-4-7-10-9(17(3)6-14-10)5-8(15-7)11(12)16-13-2/h5-6,13H,4H2,1-3H3,(H2,12,16). The van der Waals surface area contributed by atoms with Crippen LogP contribution < -0.4 is 10.9 Å². The molecule has 0 radical (unpaired) electrons. The van der Waals surface area contributed by atoms with Crippen LogP contribution in [0.15, 0.2) is 12.4 Å². The molecule has 2 rings (SSSR count). The molecule has 2 aromatic heterocycles. The van der Waals surface area contributed by atoms with Gasteiger partial charge in [-0.3, -0.25) is 5.41 Å². The van der Waals surface area contributed by atoms with Crippen LogP contribution in [0.4, 0.5) is 0 Å². The van der Waals surface area contributed by atoms with Crippen molar-refractivity contribution in [1.29, 1.82) is 5.41 Å². The third-order valence-electron chi connectivity index (χ3n) is 2.63. The highest BCUT2D eigenvalue weighted by molar-refractivity contribution is 5.97. The van der Waals surface area contributed by atoms with Crippen molar-refractivity contribution in [2.75, 3.05) is 7.05 Å². The zero-order chi connectivity index (χ0) is 12.4. The molecule has 0 aliphatic carbocycles. The van der Waals surface area contributed by atoms with Crippen molar-refractivity contribution < 1.29 is 0 Å². The van der Waals surface area contributed by atoms with Crippen LogP contribution in [0, 0.1) is 5.41 Å². The highest BCUT2D eigenvalue weighted by Gasteiger charge is 2.11. The Morgan fingerprint density at radius 3 is 2.94 bits per heavy atom. The molecule has 90 valence electrons. The number of aromatic nitrogens is 3. The number of hydrazine groups is 1. The van der Waals surface area contributed by atoms with Crippen LogP contribution in [-0.2, 0) is 13.5 Å². The summed E-state index contributed by atoms with van der Waals surface area (Å²) in [5.74, 6) is 0.255. The number of pyridine rings is 1. The zero-order valence-corrected chi connectivity index (χ0v) is 10.2. The summed E-state index contributed by atoms with van der Waals surface area (Å²) in [6, 6.07) is 1.87. The number of imidazole rings is 1. The lowest BCUT2D eigenvalue weighted by Crippen LogP contribution is -2.34. The minimum atomic E-state index is 0.255. The molecule has 0 aromatic carbocycles. The molecule has 0 atom stereocenters. The second-order valence-electron chi connectivity index (χ2n) is 3.78. The molecule has 0 fully saturated rings. The number of amidine groups is 1. The van der Waals surface area contributed by atoms with E-state index in [1.165, 1.54) is 0 Å². The molecule has 0 aliphatic rings. The Morgan fingerprint density at radius 1 is 1.53 bits per heavy atom. The lowest BCUT2D eigenvalue weighted by Gasteiger charge is -2.08. The van der Waals surface area contributed by atoms with E-state index in [9.17, 15) is 0 Å². The first-order valence-electron chi connectivity index (χ1n) is 5.50. The summed E-state index contributed by atoms with van der Waals surface area (Å²) in [6.07, 6.45) is 2.57. The first-order chi connectivity index (χ1) is 8.17. The first-order valence-corrected chi connectivity index (χ1v) is 5.50. The second-order valence-corrected chi connectivity index (χ2v) is 3.78. The van der Waals surface area contributed by atoms with Gasteiger partial charge in [0.15, 0.2) is 5.84 Å². The molecule has 6 nitrogen and oxygen atoms in total. The van der Waals surface area contributed by atoms with Crippen LogP contribution in [0.5, 0.6) is 0 Å². The number of hydrogen-bond acceptors (Lipinski definition) is 4. The van der Waals surface area contributed by atoms with Crippen molar-refractivity contribution in [3.8, 4) is 0 Å². The van der Waals surface area contributed by atoms with E-state index in [4.69, 9.17) is 5.41 Å². The number of aryl methyl sites for hydroxylation is 2. The maximum Gasteiger partial charge on any atom is 0.158 e. The summed E-state index contributed by atoms with van der Waals surface area (Å²) in [5.41, 5.74) is 8.90. The molecular formula is C11H16N6. The average molecular weight is 232 g/mol. The predicted molar refractivity (Wildman–Crippen MR) is 66.9 cm³/mol. The van der Waals surface area contributed by atoms with E-state index in [0.717, 1.165) is 23.1 Å². The molecule has 0 saturated heterocycles. The van der Waals surface area contributed by atoms with Crippen LogP contribution in [-0.4, -0.2) is 27.4 Å². The molecule has 0 amide bonds. The normalized spacial score (nSPS) is 10.8. The van der Waals surface area contributed by atoms with Crippen molar-refractivity contribution in [3.63, 3.8) is 0 Å². The van der Waals surface area contributed by atoms with E-state index < -0.39 is 0 Å². The molecule has 0 saturated carbocycles. The molecule has 2 aromatic rings. The van der Waals surface area contributed by atoms with Crippen LogP contribution in [0.25, 0.3) is 11.0 Å². The Labute approximate surface area is 99.6 Å². The van der Waals surface area contributed by atoms with E-state index in [1.807, 2.05) is 24.6 Å². The molecule has 0 bridgehead atoms. The topological polar surface area (TPSA) is 78.6 Å². The van der Waals surface area contributed by atoms with E-state index in [-0.39, 0.29) is 5.84 Å². The van der Waals surface area contributed by atoms with Crippen molar-refractivity contribution >= 4 is 16.9 Å². The summed E-state index contributed by atoms with van der Waals surface area (Å²) in [6.45, 7) is 2.04. The summed E-state index contributed by atoms with van der Waals surface area (Å²) in [7, 11) is 3.66. The van der Waals surface area contributed by atoms with Crippen molar-refractivity contribution in [2.45, 2.75) is 13.3 Å².